The van der Waals surface area contributed by atoms with Gasteiger partial charge in [0.15, 0.2) is 10.1 Å². The second kappa shape index (κ2) is 7.13. The summed E-state index contributed by atoms with van der Waals surface area (Å²) in [4.78, 5) is 37.1. The molecule has 0 saturated carbocycles. The van der Waals surface area contributed by atoms with Gasteiger partial charge in [-0.15, -0.1) is 11.3 Å². The number of hydrogen-bond acceptors (Lipinski definition) is 7. The molecule has 1 aliphatic rings. The fourth-order valence-corrected chi connectivity index (χ4v) is 4.76. The number of rotatable bonds is 4. The van der Waals surface area contributed by atoms with Gasteiger partial charge in [-0.25, -0.2) is 15.0 Å². The van der Waals surface area contributed by atoms with E-state index >= 15 is 0 Å². The fraction of sp³-hybridized carbons (Fsp3) is 0.278. The summed E-state index contributed by atoms with van der Waals surface area (Å²) < 4.78 is 1.96. The van der Waals surface area contributed by atoms with Crippen molar-refractivity contribution in [3.63, 3.8) is 0 Å². The maximum Gasteiger partial charge on any atom is 0.237 e. The minimum atomic E-state index is -0.190. The van der Waals surface area contributed by atoms with Gasteiger partial charge in [-0.1, -0.05) is 30.8 Å². The van der Waals surface area contributed by atoms with Gasteiger partial charge in [0, 0.05) is 12.6 Å². The van der Waals surface area contributed by atoms with Crippen LogP contribution in [0.4, 0.5) is 5.95 Å². The van der Waals surface area contributed by atoms with Crippen LogP contribution in [0.5, 0.6) is 0 Å². The van der Waals surface area contributed by atoms with Crippen LogP contribution in [0.15, 0.2) is 34.8 Å². The van der Waals surface area contributed by atoms with E-state index in [0.717, 1.165) is 26.7 Å². The lowest BCUT2D eigenvalue weighted by Crippen LogP contribution is -2.22. The largest absolute Gasteiger partial charge is 0.294 e. The lowest BCUT2D eigenvalue weighted by atomic mass is 9.88. The van der Waals surface area contributed by atoms with Gasteiger partial charge in [-0.3, -0.25) is 14.9 Å². The summed E-state index contributed by atoms with van der Waals surface area (Å²) in [5, 5.41) is 2.71. The normalized spacial score (nSPS) is 16.5. The van der Waals surface area contributed by atoms with Crippen molar-refractivity contribution >= 4 is 51.0 Å². The Morgan fingerprint density at radius 2 is 2.15 bits per heavy atom. The molecular weight excluding hydrogens is 368 g/mol. The highest BCUT2D eigenvalue weighted by atomic mass is 32.2. The van der Waals surface area contributed by atoms with Crippen molar-refractivity contribution in [2.75, 3.05) is 11.1 Å². The molecule has 0 fully saturated rings. The van der Waals surface area contributed by atoms with E-state index in [1.165, 1.54) is 18.0 Å². The van der Waals surface area contributed by atoms with Crippen LogP contribution < -0.4 is 5.32 Å². The molecule has 0 bridgehead atoms. The monoisotopic (exact) mass is 384 g/mol. The summed E-state index contributed by atoms with van der Waals surface area (Å²) in [6, 6.07) is 7.89. The molecule has 0 spiro atoms. The van der Waals surface area contributed by atoms with Crippen LogP contribution in [0.3, 0.4) is 0 Å². The van der Waals surface area contributed by atoms with E-state index in [0.29, 0.717) is 12.0 Å². The first-order valence-corrected chi connectivity index (χ1v) is 10.1. The number of ketones is 1. The van der Waals surface area contributed by atoms with Crippen LogP contribution in [0.2, 0.25) is 0 Å². The molecule has 1 amide bonds. The lowest BCUT2D eigenvalue weighted by molar-refractivity contribution is -0.113. The molecule has 0 unspecified atom stereocenters. The Labute approximate surface area is 158 Å². The third kappa shape index (κ3) is 3.61. The number of aromatic nitrogens is 3. The number of Topliss-reactive ketones (excluding diaryl/α,β-unsaturated/α-hetero) is 1. The molecule has 1 aliphatic carbocycles. The van der Waals surface area contributed by atoms with Gasteiger partial charge in [0.2, 0.25) is 11.9 Å². The van der Waals surface area contributed by atoms with Gasteiger partial charge >= 0.3 is 0 Å². The van der Waals surface area contributed by atoms with Crippen LogP contribution >= 0.6 is 23.1 Å². The van der Waals surface area contributed by atoms with Gasteiger partial charge < -0.3 is 0 Å². The lowest BCUT2D eigenvalue weighted by Gasteiger charge is -2.19. The first kappa shape index (κ1) is 17.1. The maximum absolute atomic E-state index is 12.2. The number of fused-ring (bicyclic) bond motifs is 2. The Hall–Kier alpha value is -2.32. The molecule has 132 valence electrons. The number of hydrogen-bond donors (Lipinski definition) is 1. The molecule has 3 aromatic rings. The van der Waals surface area contributed by atoms with Crippen molar-refractivity contribution in [2.24, 2.45) is 5.92 Å². The molecule has 1 atom stereocenters. The summed E-state index contributed by atoms with van der Waals surface area (Å²) >= 11 is 2.96. The molecule has 2 heterocycles. The third-order valence-electron chi connectivity index (χ3n) is 4.10. The number of benzene rings is 1. The van der Waals surface area contributed by atoms with Crippen LogP contribution in [0.25, 0.3) is 10.2 Å². The first-order chi connectivity index (χ1) is 12.6. The number of amides is 1. The summed E-state index contributed by atoms with van der Waals surface area (Å²) in [6.07, 6.45) is 2.78. The van der Waals surface area contributed by atoms with Gasteiger partial charge in [0.05, 0.1) is 27.2 Å². The van der Waals surface area contributed by atoms with E-state index in [9.17, 15) is 9.59 Å². The molecule has 1 aromatic carbocycles. The van der Waals surface area contributed by atoms with Crippen molar-refractivity contribution in [1.82, 2.24) is 15.0 Å². The minimum Gasteiger partial charge on any atom is -0.294 e. The Bertz CT molecular complexity index is 969. The van der Waals surface area contributed by atoms with E-state index in [1.54, 1.807) is 11.3 Å². The smallest absolute Gasteiger partial charge is 0.237 e. The van der Waals surface area contributed by atoms with Gasteiger partial charge in [0.25, 0.3) is 0 Å². The number of para-hydroxylation sites is 1. The number of nitrogens with one attached hydrogen (secondary N) is 1. The molecule has 2 aromatic heterocycles. The Kier molecular flexibility index (Phi) is 4.69. The average molecular weight is 384 g/mol. The molecule has 6 nitrogen and oxygen atoms in total. The van der Waals surface area contributed by atoms with Crippen molar-refractivity contribution in [3.05, 3.63) is 41.7 Å². The van der Waals surface area contributed by atoms with Crippen LogP contribution in [-0.4, -0.2) is 32.4 Å². The van der Waals surface area contributed by atoms with Crippen molar-refractivity contribution < 1.29 is 9.59 Å². The predicted octanol–water partition coefficient (Wildman–Crippen LogP) is 3.58. The first-order valence-electron chi connectivity index (χ1n) is 8.26. The van der Waals surface area contributed by atoms with Crippen molar-refractivity contribution in [3.8, 4) is 0 Å². The minimum absolute atomic E-state index is 0.0722. The van der Waals surface area contributed by atoms with Gasteiger partial charge in [-0.05, 0) is 24.5 Å². The van der Waals surface area contributed by atoms with E-state index in [4.69, 9.17) is 0 Å². The standard InChI is InChI=1S/C18H16N4O2S2/c1-10-6-13-11(14(23)7-10)8-19-17(20-13)22-16(24)9-25-18-21-12-4-2-3-5-15(12)26-18/h2-5,8,10H,6-7,9H2,1H3,(H,19,20,22,24)/t10-/m0/s1. The van der Waals surface area contributed by atoms with Crippen molar-refractivity contribution in [1.29, 1.82) is 0 Å². The summed E-state index contributed by atoms with van der Waals surface area (Å²) in [6.45, 7) is 2.02. The second-order valence-corrected chi connectivity index (χ2v) is 8.53. The molecule has 1 N–H and O–H groups in total. The van der Waals surface area contributed by atoms with E-state index in [1.807, 2.05) is 31.2 Å². The quantitative estimate of drug-likeness (QED) is 0.692. The Balaban J connectivity index is 1.40. The van der Waals surface area contributed by atoms with Gasteiger partial charge in [0.1, 0.15) is 0 Å². The van der Waals surface area contributed by atoms with E-state index in [2.05, 4.69) is 20.3 Å². The highest BCUT2D eigenvalue weighted by Crippen LogP contribution is 2.29. The van der Waals surface area contributed by atoms with Crippen LogP contribution in [-0.2, 0) is 11.2 Å². The zero-order valence-corrected chi connectivity index (χ0v) is 15.7. The summed E-state index contributed by atoms with van der Waals surface area (Å²) in [5.74, 6) is 0.631. The number of carbonyl (C=O) groups is 2. The van der Waals surface area contributed by atoms with Gasteiger partial charge in [-0.2, -0.15) is 0 Å². The van der Waals surface area contributed by atoms with E-state index in [-0.39, 0.29) is 29.3 Å². The number of nitrogens with zero attached hydrogens (tertiary/aromatic N) is 3. The second-order valence-electron chi connectivity index (χ2n) is 6.27. The zero-order valence-electron chi connectivity index (χ0n) is 14.1. The molecule has 8 heteroatoms. The molecule has 0 aliphatic heterocycles. The molecule has 0 saturated heterocycles. The predicted molar refractivity (Wildman–Crippen MR) is 103 cm³/mol. The summed E-state index contributed by atoms with van der Waals surface area (Å²) in [5.41, 5.74) is 2.24. The average Bonchev–Trinajstić information content (AvgIpc) is 3.02. The number of carbonyl (C=O) groups excluding carboxylic acids is 2. The molecule has 0 radical (unpaired) electrons. The number of thioether (sulfide) groups is 1. The number of thiazole rings is 1. The Morgan fingerprint density at radius 1 is 1.31 bits per heavy atom. The van der Waals surface area contributed by atoms with E-state index < -0.39 is 0 Å². The molecule has 4 rings (SSSR count). The highest BCUT2D eigenvalue weighted by Gasteiger charge is 2.24. The molecular formula is C18H16N4O2S2. The SMILES string of the molecule is C[C@@H]1CC(=O)c2cnc(NC(=O)CSc3nc4ccccc4s3)nc2C1. The summed E-state index contributed by atoms with van der Waals surface area (Å²) in [7, 11) is 0. The number of anilines is 1. The van der Waals surface area contributed by atoms with Crippen LogP contribution in [0.1, 0.15) is 29.4 Å². The van der Waals surface area contributed by atoms with Crippen LogP contribution in [0, 0.1) is 5.92 Å². The molecule has 26 heavy (non-hydrogen) atoms. The maximum atomic E-state index is 12.2. The topological polar surface area (TPSA) is 84.8 Å². The van der Waals surface area contributed by atoms with Crippen molar-refractivity contribution in [2.45, 2.75) is 24.1 Å². The zero-order chi connectivity index (χ0) is 18.1. The third-order valence-corrected chi connectivity index (χ3v) is 6.28. The fourth-order valence-electron chi connectivity index (χ4n) is 2.90. The highest BCUT2D eigenvalue weighted by molar-refractivity contribution is 8.01. The Morgan fingerprint density at radius 3 is 3.00 bits per heavy atom.